The number of carbonyl (C=O) groups is 2. The second kappa shape index (κ2) is 11.3. The number of hydrogen-bond donors (Lipinski definition) is 2. The summed E-state index contributed by atoms with van der Waals surface area (Å²) in [5.41, 5.74) is 1.97. The molecule has 0 radical (unpaired) electrons. The van der Waals surface area contributed by atoms with E-state index in [9.17, 15) is 22.8 Å². The summed E-state index contributed by atoms with van der Waals surface area (Å²) in [7, 11) is 0. The zero-order valence-corrected chi connectivity index (χ0v) is 19.7. The molecule has 0 unspecified atom stereocenters. The summed E-state index contributed by atoms with van der Waals surface area (Å²) >= 11 is 0. The number of amides is 2. The molecule has 2 aromatic heterocycles. The lowest BCUT2D eigenvalue weighted by Gasteiger charge is -2.26. The summed E-state index contributed by atoms with van der Waals surface area (Å²) in [6.45, 7) is 3.79. The first-order chi connectivity index (χ1) is 17.7. The Morgan fingerprint density at radius 3 is 2.54 bits per heavy atom. The minimum Gasteiger partial charge on any atom is -0.404 e. The molecule has 1 aromatic carbocycles. The second-order valence-electron chi connectivity index (χ2n) is 8.13. The van der Waals surface area contributed by atoms with Crippen molar-refractivity contribution in [2.75, 3.05) is 43.5 Å². The molecule has 3 heterocycles. The Bertz CT molecular complexity index is 1260. The number of hydrogen-bond acceptors (Lipinski definition) is 8. The van der Waals surface area contributed by atoms with Gasteiger partial charge < -0.3 is 20.1 Å². The van der Waals surface area contributed by atoms with Gasteiger partial charge in [-0.1, -0.05) is 0 Å². The van der Waals surface area contributed by atoms with E-state index in [1.807, 2.05) is 13.0 Å². The number of alkyl halides is 3. The summed E-state index contributed by atoms with van der Waals surface area (Å²) in [6, 6.07) is 5.05. The van der Waals surface area contributed by atoms with Crippen LogP contribution in [0.15, 0.2) is 49.1 Å². The Morgan fingerprint density at radius 2 is 1.86 bits per heavy atom. The molecular weight excluding hydrogens is 493 g/mol. The molecule has 0 aliphatic carbocycles. The number of aromatic nitrogens is 3. The van der Waals surface area contributed by atoms with Gasteiger partial charge in [0.15, 0.2) is 11.6 Å². The molecule has 194 valence electrons. The molecular formula is C24H23F3N6O4. The number of ether oxygens (including phenoxy) is 2. The van der Waals surface area contributed by atoms with Crippen LogP contribution in [0.5, 0.6) is 5.75 Å². The summed E-state index contributed by atoms with van der Waals surface area (Å²) in [6.07, 6.45) is 1.14. The van der Waals surface area contributed by atoms with Crippen molar-refractivity contribution in [3.8, 4) is 17.0 Å². The number of morpholine rings is 1. The number of aryl methyl sites for hydroxylation is 1. The fourth-order valence-corrected chi connectivity index (χ4v) is 3.59. The van der Waals surface area contributed by atoms with Crippen molar-refractivity contribution in [3.05, 3.63) is 60.2 Å². The predicted molar refractivity (Wildman–Crippen MR) is 127 cm³/mol. The SMILES string of the molecule is Cc1ccncc1-c1cnc(NC(=O)c2ccc(OC(F)(F)F)c(NC(=O)CN3CCOCC3)c2)cn1. The highest BCUT2D eigenvalue weighted by Crippen LogP contribution is 2.31. The number of halogens is 3. The molecule has 1 saturated heterocycles. The minimum absolute atomic E-state index is 0.0230. The number of pyridine rings is 1. The normalized spacial score (nSPS) is 14.2. The molecule has 13 heteroatoms. The average molecular weight is 516 g/mol. The monoisotopic (exact) mass is 516 g/mol. The Hall–Kier alpha value is -4.10. The Kier molecular flexibility index (Phi) is 7.94. The topological polar surface area (TPSA) is 119 Å². The maximum atomic E-state index is 12.9. The number of nitrogens with zero attached hydrogens (tertiary/aromatic N) is 4. The highest BCUT2D eigenvalue weighted by molar-refractivity contribution is 6.05. The van der Waals surface area contributed by atoms with Gasteiger partial charge in [-0.05, 0) is 36.8 Å². The number of nitrogens with one attached hydrogen (secondary N) is 2. The van der Waals surface area contributed by atoms with Crippen molar-refractivity contribution < 1.29 is 32.2 Å². The lowest BCUT2D eigenvalue weighted by atomic mass is 10.1. The molecule has 0 spiro atoms. The van der Waals surface area contributed by atoms with Crippen molar-refractivity contribution in [3.63, 3.8) is 0 Å². The van der Waals surface area contributed by atoms with Gasteiger partial charge in [0.05, 0.1) is 43.5 Å². The number of anilines is 2. The van der Waals surface area contributed by atoms with E-state index in [1.54, 1.807) is 17.3 Å². The zero-order valence-electron chi connectivity index (χ0n) is 19.7. The van der Waals surface area contributed by atoms with Crippen LogP contribution in [0.3, 0.4) is 0 Å². The van der Waals surface area contributed by atoms with Crippen LogP contribution in [0.2, 0.25) is 0 Å². The molecule has 3 aromatic rings. The quantitative estimate of drug-likeness (QED) is 0.491. The van der Waals surface area contributed by atoms with Crippen molar-refractivity contribution in [1.82, 2.24) is 19.9 Å². The maximum Gasteiger partial charge on any atom is 0.573 e. The molecule has 0 atom stereocenters. The molecule has 1 fully saturated rings. The van der Waals surface area contributed by atoms with Crippen LogP contribution in [-0.2, 0) is 9.53 Å². The van der Waals surface area contributed by atoms with Gasteiger partial charge in [-0.15, -0.1) is 13.2 Å². The zero-order chi connectivity index (χ0) is 26.4. The van der Waals surface area contributed by atoms with E-state index in [-0.39, 0.29) is 23.6 Å². The summed E-state index contributed by atoms with van der Waals surface area (Å²) in [5, 5.41) is 4.95. The second-order valence-corrected chi connectivity index (χ2v) is 8.13. The van der Waals surface area contributed by atoms with E-state index >= 15 is 0 Å². The molecule has 1 aliphatic heterocycles. The highest BCUT2D eigenvalue weighted by Gasteiger charge is 2.32. The van der Waals surface area contributed by atoms with E-state index in [4.69, 9.17) is 4.74 Å². The average Bonchev–Trinajstić information content (AvgIpc) is 2.86. The highest BCUT2D eigenvalue weighted by atomic mass is 19.4. The molecule has 10 nitrogen and oxygen atoms in total. The van der Waals surface area contributed by atoms with Crippen LogP contribution in [0.4, 0.5) is 24.7 Å². The van der Waals surface area contributed by atoms with Crippen molar-refractivity contribution in [1.29, 1.82) is 0 Å². The fourth-order valence-electron chi connectivity index (χ4n) is 3.59. The summed E-state index contributed by atoms with van der Waals surface area (Å²) in [4.78, 5) is 39.6. The van der Waals surface area contributed by atoms with Gasteiger partial charge >= 0.3 is 6.36 Å². The molecule has 0 saturated carbocycles. The number of rotatable bonds is 7. The largest absolute Gasteiger partial charge is 0.573 e. The molecule has 4 rings (SSSR count). The summed E-state index contributed by atoms with van der Waals surface area (Å²) < 4.78 is 48.0. The first-order valence-electron chi connectivity index (χ1n) is 11.2. The molecule has 2 amide bonds. The lowest BCUT2D eigenvalue weighted by Crippen LogP contribution is -2.41. The van der Waals surface area contributed by atoms with Gasteiger partial charge in [-0.2, -0.15) is 0 Å². The van der Waals surface area contributed by atoms with E-state index in [0.717, 1.165) is 29.3 Å². The molecule has 0 bridgehead atoms. The van der Waals surface area contributed by atoms with Crippen LogP contribution < -0.4 is 15.4 Å². The Labute approximate surface area is 209 Å². The van der Waals surface area contributed by atoms with Gasteiger partial charge in [0.2, 0.25) is 5.91 Å². The summed E-state index contributed by atoms with van der Waals surface area (Å²) in [5.74, 6) is -1.74. The van der Waals surface area contributed by atoms with Gasteiger partial charge in [-0.25, -0.2) is 4.98 Å². The third-order valence-electron chi connectivity index (χ3n) is 5.42. The van der Waals surface area contributed by atoms with Crippen LogP contribution in [0.1, 0.15) is 15.9 Å². The Morgan fingerprint density at radius 1 is 1.08 bits per heavy atom. The van der Waals surface area contributed by atoms with E-state index in [1.165, 1.54) is 12.4 Å². The first kappa shape index (κ1) is 26.0. The van der Waals surface area contributed by atoms with Gasteiger partial charge in [0.25, 0.3) is 5.91 Å². The third kappa shape index (κ3) is 7.21. The minimum atomic E-state index is -4.99. The van der Waals surface area contributed by atoms with Crippen molar-refractivity contribution in [2.45, 2.75) is 13.3 Å². The smallest absolute Gasteiger partial charge is 0.404 e. The number of carbonyl (C=O) groups excluding carboxylic acids is 2. The maximum absolute atomic E-state index is 12.9. The van der Waals surface area contributed by atoms with Gasteiger partial charge in [-0.3, -0.25) is 24.5 Å². The fraction of sp³-hybridized carbons (Fsp3) is 0.292. The third-order valence-corrected chi connectivity index (χ3v) is 5.42. The molecule has 2 N–H and O–H groups in total. The van der Waals surface area contributed by atoms with Crippen molar-refractivity contribution in [2.24, 2.45) is 0 Å². The van der Waals surface area contributed by atoms with Crippen LogP contribution in [-0.4, -0.2) is 70.9 Å². The van der Waals surface area contributed by atoms with Gasteiger partial charge in [0.1, 0.15) is 0 Å². The number of benzene rings is 1. The molecule has 1 aliphatic rings. The Balaban J connectivity index is 1.49. The first-order valence-corrected chi connectivity index (χ1v) is 11.2. The lowest BCUT2D eigenvalue weighted by molar-refractivity contribution is -0.274. The van der Waals surface area contributed by atoms with Gasteiger partial charge in [0, 0.05) is 36.6 Å². The van der Waals surface area contributed by atoms with Crippen molar-refractivity contribution >= 4 is 23.3 Å². The van der Waals surface area contributed by atoms with E-state index in [2.05, 4.69) is 30.3 Å². The molecule has 37 heavy (non-hydrogen) atoms. The van der Waals surface area contributed by atoms with E-state index in [0.29, 0.717) is 32.0 Å². The standard InChI is InChI=1S/C24H23F3N6O4/c1-15-4-5-28-11-17(15)19-12-30-21(13-29-19)32-23(35)16-2-3-20(37-24(25,26)27)18(10-16)31-22(34)14-33-6-8-36-9-7-33/h2-5,10-13H,6-9,14H2,1H3,(H,31,34)(H,30,32,35). The van der Waals surface area contributed by atoms with E-state index < -0.39 is 23.9 Å². The van der Waals surface area contributed by atoms with Crippen LogP contribution >= 0.6 is 0 Å². The van der Waals surface area contributed by atoms with Crippen LogP contribution in [0, 0.1) is 6.92 Å². The predicted octanol–water partition coefficient (Wildman–Crippen LogP) is 3.27. The van der Waals surface area contributed by atoms with Crippen LogP contribution in [0.25, 0.3) is 11.3 Å².